The quantitative estimate of drug-likeness (QED) is 0.840. The first-order valence-corrected chi connectivity index (χ1v) is 6.45. The molecule has 100 valence electrons. The molecule has 0 bridgehead atoms. The minimum atomic E-state index is -0.254. The van der Waals surface area contributed by atoms with Crippen LogP contribution in [-0.2, 0) is 4.79 Å². The van der Waals surface area contributed by atoms with Crippen molar-refractivity contribution >= 4 is 5.91 Å². The Hall–Kier alpha value is -1.35. The van der Waals surface area contributed by atoms with Crippen molar-refractivity contribution in [1.29, 1.82) is 0 Å². The summed E-state index contributed by atoms with van der Waals surface area (Å²) in [6, 6.07) is 2.19. The summed E-state index contributed by atoms with van der Waals surface area (Å²) in [5, 5.41) is 0. The van der Waals surface area contributed by atoms with Crippen molar-refractivity contribution in [2.75, 3.05) is 0 Å². The average molecular weight is 248 g/mol. The summed E-state index contributed by atoms with van der Waals surface area (Å²) in [6.07, 6.45) is 1.96. The van der Waals surface area contributed by atoms with Crippen molar-refractivity contribution in [3.8, 4) is 0 Å². The molecule has 0 saturated carbocycles. The Morgan fingerprint density at radius 2 is 1.67 bits per heavy atom. The van der Waals surface area contributed by atoms with Gasteiger partial charge in [0.1, 0.15) is 0 Å². The van der Waals surface area contributed by atoms with E-state index in [4.69, 9.17) is 11.5 Å². The third-order valence-electron chi connectivity index (χ3n) is 3.73. The number of rotatable bonds is 5. The Morgan fingerprint density at radius 1 is 1.17 bits per heavy atom. The molecular formula is C15H24N2O. The Bertz CT molecular complexity index is 426. The van der Waals surface area contributed by atoms with Gasteiger partial charge in [-0.15, -0.1) is 0 Å². The first kappa shape index (κ1) is 14.7. The standard InChI is InChI=1S/C15H24N2O/c1-9-8-10(2)12(4)15(11(9)3)13(16)6-5-7-14(17)18/h8,13H,5-7,16H2,1-4H3,(H2,17,18). The summed E-state index contributed by atoms with van der Waals surface area (Å²) >= 11 is 0. The van der Waals surface area contributed by atoms with E-state index in [-0.39, 0.29) is 11.9 Å². The molecular weight excluding hydrogens is 224 g/mol. The van der Waals surface area contributed by atoms with Gasteiger partial charge in [0.25, 0.3) is 0 Å². The van der Waals surface area contributed by atoms with Crippen LogP contribution in [0.25, 0.3) is 0 Å². The zero-order valence-electron chi connectivity index (χ0n) is 11.8. The van der Waals surface area contributed by atoms with Gasteiger partial charge in [-0.3, -0.25) is 4.79 Å². The third kappa shape index (κ3) is 3.33. The fraction of sp³-hybridized carbons (Fsp3) is 0.533. The first-order valence-electron chi connectivity index (χ1n) is 6.45. The van der Waals surface area contributed by atoms with Crippen LogP contribution in [0.4, 0.5) is 0 Å². The summed E-state index contributed by atoms with van der Waals surface area (Å²) in [7, 11) is 0. The van der Waals surface area contributed by atoms with Gasteiger partial charge in [-0.05, 0) is 68.4 Å². The van der Waals surface area contributed by atoms with Crippen molar-refractivity contribution in [1.82, 2.24) is 0 Å². The van der Waals surface area contributed by atoms with E-state index in [0.717, 1.165) is 12.8 Å². The van der Waals surface area contributed by atoms with Crippen LogP contribution in [0.3, 0.4) is 0 Å². The second kappa shape index (κ2) is 6.01. The summed E-state index contributed by atoms with van der Waals surface area (Å²) in [6.45, 7) is 8.46. The number of amides is 1. The number of carbonyl (C=O) groups is 1. The molecule has 3 nitrogen and oxygen atoms in total. The fourth-order valence-corrected chi connectivity index (χ4v) is 2.44. The zero-order valence-corrected chi connectivity index (χ0v) is 11.8. The maximum absolute atomic E-state index is 10.7. The molecule has 0 heterocycles. The number of primary amides is 1. The first-order chi connectivity index (χ1) is 8.34. The molecule has 0 aliphatic carbocycles. The summed E-state index contributed by atoms with van der Waals surface area (Å²) in [4.78, 5) is 10.7. The average Bonchev–Trinajstić information content (AvgIpc) is 2.26. The van der Waals surface area contributed by atoms with Gasteiger partial charge in [-0.1, -0.05) is 6.07 Å². The molecule has 0 aromatic heterocycles. The maximum atomic E-state index is 10.7. The molecule has 1 aromatic carbocycles. The molecule has 1 aromatic rings. The molecule has 0 fully saturated rings. The van der Waals surface area contributed by atoms with E-state index in [1.165, 1.54) is 27.8 Å². The molecule has 1 rings (SSSR count). The van der Waals surface area contributed by atoms with Crippen LogP contribution in [0, 0.1) is 27.7 Å². The lowest BCUT2D eigenvalue weighted by molar-refractivity contribution is -0.118. The molecule has 4 N–H and O–H groups in total. The number of hydrogen-bond donors (Lipinski definition) is 2. The predicted molar refractivity (Wildman–Crippen MR) is 75.4 cm³/mol. The molecule has 1 atom stereocenters. The highest BCUT2D eigenvalue weighted by Crippen LogP contribution is 2.28. The normalized spacial score (nSPS) is 12.5. The summed E-state index contributed by atoms with van der Waals surface area (Å²) in [5.74, 6) is -0.254. The van der Waals surface area contributed by atoms with Crippen LogP contribution < -0.4 is 11.5 Å². The van der Waals surface area contributed by atoms with Gasteiger partial charge in [-0.2, -0.15) is 0 Å². The minimum Gasteiger partial charge on any atom is -0.370 e. The van der Waals surface area contributed by atoms with Crippen LogP contribution in [0.5, 0.6) is 0 Å². The van der Waals surface area contributed by atoms with Crippen LogP contribution >= 0.6 is 0 Å². The predicted octanol–water partition coefficient (Wildman–Crippen LogP) is 2.58. The second-order valence-corrected chi connectivity index (χ2v) is 5.14. The van der Waals surface area contributed by atoms with E-state index in [9.17, 15) is 4.79 Å². The largest absolute Gasteiger partial charge is 0.370 e. The summed E-state index contributed by atoms with van der Waals surface area (Å²) in [5.41, 5.74) is 17.7. The molecule has 18 heavy (non-hydrogen) atoms. The Labute approximate surface area is 110 Å². The molecule has 0 spiro atoms. The Balaban J connectivity index is 2.91. The van der Waals surface area contributed by atoms with Crippen molar-refractivity contribution in [3.05, 3.63) is 33.9 Å². The van der Waals surface area contributed by atoms with E-state index >= 15 is 0 Å². The van der Waals surface area contributed by atoms with Crippen molar-refractivity contribution in [2.24, 2.45) is 11.5 Å². The zero-order chi connectivity index (χ0) is 13.9. The van der Waals surface area contributed by atoms with E-state index in [0.29, 0.717) is 6.42 Å². The van der Waals surface area contributed by atoms with E-state index in [1.54, 1.807) is 0 Å². The van der Waals surface area contributed by atoms with Gasteiger partial charge in [-0.25, -0.2) is 0 Å². The van der Waals surface area contributed by atoms with Crippen LogP contribution in [-0.4, -0.2) is 5.91 Å². The SMILES string of the molecule is Cc1cc(C)c(C)c(C(N)CCCC(N)=O)c1C. The van der Waals surface area contributed by atoms with Crippen molar-refractivity contribution in [3.63, 3.8) is 0 Å². The Kier molecular flexibility index (Phi) is 4.91. The number of benzene rings is 1. The lowest BCUT2D eigenvalue weighted by atomic mass is 9.88. The fourth-order valence-electron chi connectivity index (χ4n) is 2.44. The second-order valence-electron chi connectivity index (χ2n) is 5.14. The van der Waals surface area contributed by atoms with Gasteiger partial charge in [0, 0.05) is 12.5 Å². The molecule has 1 unspecified atom stereocenters. The molecule has 0 saturated heterocycles. The van der Waals surface area contributed by atoms with Gasteiger partial charge >= 0.3 is 0 Å². The van der Waals surface area contributed by atoms with Crippen molar-refractivity contribution < 1.29 is 4.79 Å². The minimum absolute atomic E-state index is 0.0112. The van der Waals surface area contributed by atoms with E-state index in [2.05, 4.69) is 33.8 Å². The van der Waals surface area contributed by atoms with Gasteiger partial charge in [0.05, 0.1) is 0 Å². The number of nitrogens with two attached hydrogens (primary N) is 2. The molecule has 1 amide bonds. The van der Waals surface area contributed by atoms with Gasteiger partial charge < -0.3 is 11.5 Å². The van der Waals surface area contributed by atoms with Crippen LogP contribution in [0.1, 0.15) is 53.1 Å². The molecule has 0 aliphatic heterocycles. The van der Waals surface area contributed by atoms with E-state index < -0.39 is 0 Å². The highest BCUT2D eigenvalue weighted by molar-refractivity contribution is 5.73. The van der Waals surface area contributed by atoms with Gasteiger partial charge in [0.2, 0.25) is 5.91 Å². The van der Waals surface area contributed by atoms with Gasteiger partial charge in [0.15, 0.2) is 0 Å². The topological polar surface area (TPSA) is 69.1 Å². The monoisotopic (exact) mass is 248 g/mol. The molecule has 3 heteroatoms. The summed E-state index contributed by atoms with van der Waals surface area (Å²) < 4.78 is 0. The number of carbonyl (C=O) groups excluding carboxylic acids is 1. The van der Waals surface area contributed by atoms with Crippen molar-refractivity contribution in [2.45, 2.75) is 53.0 Å². The smallest absolute Gasteiger partial charge is 0.217 e. The maximum Gasteiger partial charge on any atom is 0.217 e. The third-order valence-corrected chi connectivity index (χ3v) is 3.73. The lowest BCUT2D eigenvalue weighted by Gasteiger charge is -2.21. The highest BCUT2D eigenvalue weighted by Gasteiger charge is 2.15. The molecule has 0 aliphatic rings. The van der Waals surface area contributed by atoms with Crippen LogP contribution in [0.15, 0.2) is 6.07 Å². The Morgan fingerprint density at radius 3 is 2.11 bits per heavy atom. The van der Waals surface area contributed by atoms with E-state index in [1.807, 2.05) is 0 Å². The molecule has 0 radical (unpaired) electrons. The number of hydrogen-bond acceptors (Lipinski definition) is 2. The highest BCUT2D eigenvalue weighted by atomic mass is 16.1. The van der Waals surface area contributed by atoms with Crippen LogP contribution in [0.2, 0.25) is 0 Å². The lowest BCUT2D eigenvalue weighted by Crippen LogP contribution is -2.16. The number of aryl methyl sites for hydroxylation is 2.